The SMILES string of the molecule is O=[N+]([O-])c1ncccc1-c1cnc2c(ccn2C2=CCC(c3ccccc3)C=C2)c1. The van der Waals surface area contributed by atoms with E-state index in [0.29, 0.717) is 17.0 Å². The molecule has 1 aliphatic rings. The quantitative estimate of drug-likeness (QED) is 0.334. The predicted molar refractivity (Wildman–Crippen MR) is 117 cm³/mol. The van der Waals surface area contributed by atoms with Gasteiger partial charge < -0.3 is 14.7 Å². The highest BCUT2D eigenvalue weighted by Crippen LogP contribution is 2.32. The Kier molecular flexibility index (Phi) is 4.44. The minimum atomic E-state index is -0.467. The lowest BCUT2D eigenvalue weighted by atomic mass is 9.92. The number of pyridine rings is 2. The van der Waals surface area contributed by atoms with Gasteiger partial charge in [-0.25, -0.2) is 4.98 Å². The molecule has 4 aromatic rings. The van der Waals surface area contributed by atoms with Crippen LogP contribution in [0.3, 0.4) is 0 Å². The molecule has 5 rings (SSSR count). The van der Waals surface area contributed by atoms with E-state index in [0.717, 1.165) is 23.2 Å². The molecule has 0 radical (unpaired) electrons. The Hall–Kier alpha value is -4.06. The van der Waals surface area contributed by atoms with Crippen LogP contribution in [0.15, 0.2) is 91.4 Å². The molecule has 0 amide bonds. The number of allylic oxidation sites excluding steroid dienone is 4. The van der Waals surface area contributed by atoms with Crippen molar-refractivity contribution in [2.24, 2.45) is 0 Å². The van der Waals surface area contributed by atoms with Crippen molar-refractivity contribution in [2.75, 3.05) is 0 Å². The zero-order chi connectivity index (χ0) is 20.5. The summed E-state index contributed by atoms with van der Waals surface area (Å²) in [5.74, 6) is 0.213. The van der Waals surface area contributed by atoms with Gasteiger partial charge in [-0.1, -0.05) is 42.5 Å². The molecule has 146 valence electrons. The summed E-state index contributed by atoms with van der Waals surface area (Å²) in [6.07, 6.45) is 12.6. The van der Waals surface area contributed by atoms with Crippen LogP contribution in [0.1, 0.15) is 17.9 Å². The van der Waals surface area contributed by atoms with Gasteiger partial charge in [-0.15, -0.1) is 0 Å². The van der Waals surface area contributed by atoms with E-state index in [-0.39, 0.29) is 5.82 Å². The summed E-state index contributed by atoms with van der Waals surface area (Å²) in [7, 11) is 0. The molecule has 0 saturated carbocycles. The molecule has 6 heteroatoms. The first-order valence-corrected chi connectivity index (χ1v) is 9.71. The van der Waals surface area contributed by atoms with Crippen molar-refractivity contribution in [3.8, 4) is 11.1 Å². The van der Waals surface area contributed by atoms with E-state index in [1.54, 1.807) is 18.3 Å². The molecular weight excluding hydrogens is 376 g/mol. The largest absolute Gasteiger partial charge is 0.371 e. The van der Waals surface area contributed by atoms with E-state index in [1.165, 1.54) is 11.8 Å². The van der Waals surface area contributed by atoms with Gasteiger partial charge >= 0.3 is 5.82 Å². The molecule has 1 atom stereocenters. The molecule has 1 aromatic carbocycles. The smallest absolute Gasteiger partial charge is 0.358 e. The number of fused-ring (bicyclic) bond motifs is 1. The van der Waals surface area contributed by atoms with Crippen LogP contribution in [0.25, 0.3) is 27.9 Å². The summed E-state index contributed by atoms with van der Waals surface area (Å²) < 4.78 is 2.05. The summed E-state index contributed by atoms with van der Waals surface area (Å²) in [4.78, 5) is 19.3. The molecular formula is C24H18N4O2. The summed E-state index contributed by atoms with van der Waals surface area (Å²) in [6.45, 7) is 0. The third-order valence-electron chi connectivity index (χ3n) is 5.38. The maximum absolute atomic E-state index is 11.3. The zero-order valence-electron chi connectivity index (χ0n) is 16.1. The third-order valence-corrected chi connectivity index (χ3v) is 5.38. The fraction of sp³-hybridized carbons (Fsp3) is 0.0833. The van der Waals surface area contributed by atoms with Crippen LogP contribution in [-0.4, -0.2) is 19.5 Å². The fourth-order valence-corrected chi connectivity index (χ4v) is 3.88. The number of hydrogen-bond donors (Lipinski definition) is 0. The van der Waals surface area contributed by atoms with Crippen LogP contribution in [0, 0.1) is 10.1 Å². The molecule has 0 fully saturated rings. The monoisotopic (exact) mass is 394 g/mol. The van der Waals surface area contributed by atoms with Crippen molar-refractivity contribution in [3.63, 3.8) is 0 Å². The van der Waals surface area contributed by atoms with Gasteiger partial charge in [0.05, 0.1) is 5.56 Å². The minimum absolute atomic E-state index is 0.164. The Morgan fingerprint density at radius 3 is 2.70 bits per heavy atom. The van der Waals surface area contributed by atoms with Crippen LogP contribution in [0.4, 0.5) is 5.82 Å². The summed E-state index contributed by atoms with van der Waals surface area (Å²) >= 11 is 0. The molecule has 3 aromatic heterocycles. The van der Waals surface area contributed by atoms with Crippen molar-refractivity contribution in [2.45, 2.75) is 12.3 Å². The standard InChI is InChI=1S/C24H18N4O2/c29-28(30)24-22(7-4-13-25-24)20-15-19-12-14-27(23(19)26-16-20)21-10-8-18(9-11-21)17-5-2-1-3-6-17/h1-8,10-16,18H,9H2. The maximum atomic E-state index is 11.3. The van der Waals surface area contributed by atoms with Gasteiger partial charge in [0.25, 0.3) is 0 Å². The molecule has 3 heterocycles. The van der Waals surface area contributed by atoms with Gasteiger partial charge in [0.15, 0.2) is 0 Å². The Bertz CT molecular complexity index is 1310. The first-order valence-electron chi connectivity index (χ1n) is 9.71. The lowest BCUT2D eigenvalue weighted by molar-refractivity contribution is -0.388. The topological polar surface area (TPSA) is 73.8 Å². The highest BCUT2D eigenvalue weighted by atomic mass is 16.6. The number of nitrogens with zero attached hydrogens (tertiary/aromatic N) is 4. The highest BCUT2D eigenvalue weighted by molar-refractivity contribution is 5.86. The summed E-state index contributed by atoms with van der Waals surface area (Å²) in [6, 6.07) is 17.8. The molecule has 30 heavy (non-hydrogen) atoms. The molecule has 1 unspecified atom stereocenters. The molecule has 1 aliphatic carbocycles. The summed E-state index contributed by atoms with van der Waals surface area (Å²) in [5.41, 5.74) is 4.34. The van der Waals surface area contributed by atoms with Crippen molar-refractivity contribution >= 4 is 22.5 Å². The van der Waals surface area contributed by atoms with E-state index in [9.17, 15) is 10.1 Å². The summed E-state index contributed by atoms with van der Waals surface area (Å²) in [5, 5.41) is 12.2. The van der Waals surface area contributed by atoms with Crippen LogP contribution < -0.4 is 0 Å². The minimum Gasteiger partial charge on any atom is -0.358 e. The third kappa shape index (κ3) is 3.18. The van der Waals surface area contributed by atoms with Gasteiger partial charge in [0, 0.05) is 35.0 Å². The van der Waals surface area contributed by atoms with E-state index < -0.39 is 4.92 Å². The number of aromatic nitrogens is 3. The van der Waals surface area contributed by atoms with Crippen LogP contribution in [0.5, 0.6) is 0 Å². The Labute approximate surface area is 173 Å². The highest BCUT2D eigenvalue weighted by Gasteiger charge is 2.18. The number of hydrogen-bond acceptors (Lipinski definition) is 4. The first kappa shape index (κ1) is 18.0. The fourth-order valence-electron chi connectivity index (χ4n) is 3.88. The van der Waals surface area contributed by atoms with Crippen LogP contribution >= 0.6 is 0 Å². The Balaban J connectivity index is 1.47. The first-order chi connectivity index (χ1) is 14.7. The number of nitro groups is 1. The van der Waals surface area contributed by atoms with Crippen molar-refractivity contribution in [1.82, 2.24) is 14.5 Å². The van der Waals surface area contributed by atoms with Crippen molar-refractivity contribution in [1.29, 1.82) is 0 Å². The van der Waals surface area contributed by atoms with Crippen LogP contribution in [0.2, 0.25) is 0 Å². The molecule has 0 spiro atoms. The van der Waals surface area contributed by atoms with Gasteiger partial charge in [0.1, 0.15) is 11.8 Å². The van der Waals surface area contributed by atoms with Crippen LogP contribution in [-0.2, 0) is 0 Å². The van der Waals surface area contributed by atoms with Crippen molar-refractivity contribution in [3.05, 3.63) is 107 Å². The van der Waals surface area contributed by atoms with Gasteiger partial charge in [-0.2, -0.15) is 0 Å². The van der Waals surface area contributed by atoms with E-state index in [1.807, 2.05) is 24.4 Å². The second-order valence-electron chi connectivity index (χ2n) is 7.20. The normalized spacial score (nSPS) is 15.9. The van der Waals surface area contributed by atoms with Gasteiger partial charge in [-0.05, 0) is 52.2 Å². The van der Waals surface area contributed by atoms with E-state index >= 15 is 0 Å². The molecule has 0 N–H and O–H groups in total. The average Bonchev–Trinajstić information content (AvgIpc) is 3.23. The molecule has 0 aliphatic heterocycles. The lowest BCUT2D eigenvalue weighted by Crippen LogP contribution is -2.02. The molecule has 0 bridgehead atoms. The predicted octanol–water partition coefficient (Wildman–Crippen LogP) is 5.59. The second-order valence-corrected chi connectivity index (χ2v) is 7.20. The number of rotatable bonds is 4. The van der Waals surface area contributed by atoms with E-state index in [2.05, 4.69) is 57.0 Å². The van der Waals surface area contributed by atoms with Gasteiger partial charge in [0.2, 0.25) is 0 Å². The van der Waals surface area contributed by atoms with E-state index in [4.69, 9.17) is 0 Å². The lowest BCUT2D eigenvalue weighted by Gasteiger charge is -2.17. The number of benzene rings is 1. The van der Waals surface area contributed by atoms with Gasteiger partial charge in [-0.3, -0.25) is 0 Å². The molecule has 0 saturated heterocycles. The Morgan fingerprint density at radius 1 is 1.07 bits per heavy atom. The van der Waals surface area contributed by atoms with Crippen molar-refractivity contribution < 1.29 is 4.92 Å². The second kappa shape index (κ2) is 7.40. The average molecular weight is 394 g/mol. The molecule has 6 nitrogen and oxygen atoms in total. The Morgan fingerprint density at radius 2 is 1.93 bits per heavy atom. The maximum Gasteiger partial charge on any atom is 0.371 e. The zero-order valence-corrected chi connectivity index (χ0v) is 16.1.